The topological polar surface area (TPSA) is 122 Å². The fourth-order valence-corrected chi connectivity index (χ4v) is 2.93. The molecule has 2 aromatic rings. The molecule has 136 valence electrons. The molecule has 0 unspecified atom stereocenters. The highest BCUT2D eigenvalue weighted by Crippen LogP contribution is 2.31. The third-order valence-electron chi connectivity index (χ3n) is 4.10. The molecule has 1 saturated carbocycles. The molecule has 1 heterocycles. The zero-order valence-corrected chi connectivity index (χ0v) is 14.5. The van der Waals surface area contributed by atoms with Crippen molar-refractivity contribution in [2.45, 2.75) is 31.7 Å². The molecule has 9 nitrogen and oxygen atoms in total. The average molecular weight is 377 g/mol. The molecule has 1 aliphatic carbocycles. The Morgan fingerprint density at radius 3 is 2.46 bits per heavy atom. The van der Waals surface area contributed by atoms with E-state index in [1.165, 1.54) is 6.33 Å². The van der Waals surface area contributed by atoms with Gasteiger partial charge in [0.1, 0.15) is 6.33 Å². The van der Waals surface area contributed by atoms with Gasteiger partial charge >= 0.3 is 5.69 Å². The summed E-state index contributed by atoms with van der Waals surface area (Å²) in [7, 11) is 0. The minimum Gasteiger partial charge on any atom is -0.361 e. The quantitative estimate of drug-likeness (QED) is 0.522. The average Bonchev–Trinajstić information content (AvgIpc) is 3.13. The van der Waals surface area contributed by atoms with Gasteiger partial charge in [0.05, 0.1) is 4.92 Å². The molecule has 1 fully saturated rings. The normalized spacial score (nSPS) is 14.0. The summed E-state index contributed by atoms with van der Waals surface area (Å²) < 4.78 is 0. The molecule has 3 N–H and O–H groups in total. The lowest BCUT2D eigenvalue weighted by Crippen LogP contribution is -2.30. The maximum Gasteiger partial charge on any atom is 0.354 e. The SMILES string of the molecule is O=C(NNc1ncnc(NC2CCCC2)c1[N+](=O)[O-])c1ccc(Cl)cc1. The maximum absolute atomic E-state index is 12.1. The van der Waals surface area contributed by atoms with E-state index in [4.69, 9.17) is 11.6 Å². The van der Waals surface area contributed by atoms with Gasteiger partial charge in [0.15, 0.2) is 0 Å². The van der Waals surface area contributed by atoms with Gasteiger partial charge in [-0.05, 0) is 37.1 Å². The van der Waals surface area contributed by atoms with Crippen molar-refractivity contribution >= 4 is 34.8 Å². The fraction of sp³-hybridized carbons (Fsp3) is 0.312. The van der Waals surface area contributed by atoms with Gasteiger partial charge in [0.2, 0.25) is 11.6 Å². The van der Waals surface area contributed by atoms with Crippen molar-refractivity contribution < 1.29 is 9.72 Å². The van der Waals surface area contributed by atoms with Gasteiger partial charge in [-0.25, -0.2) is 9.97 Å². The van der Waals surface area contributed by atoms with Crippen LogP contribution in [0, 0.1) is 10.1 Å². The van der Waals surface area contributed by atoms with Gasteiger partial charge in [0.25, 0.3) is 5.91 Å². The number of nitrogens with one attached hydrogen (secondary N) is 3. The molecule has 0 saturated heterocycles. The van der Waals surface area contributed by atoms with E-state index in [1.54, 1.807) is 24.3 Å². The molecule has 26 heavy (non-hydrogen) atoms. The number of hydrogen-bond donors (Lipinski definition) is 3. The Labute approximate surface area is 154 Å². The number of aromatic nitrogens is 2. The van der Waals surface area contributed by atoms with Crippen LogP contribution >= 0.6 is 11.6 Å². The minimum absolute atomic E-state index is 0.0900. The van der Waals surface area contributed by atoms with E-state index in [1.807, 2.05) is 0 Å². The zero-order valence-electron chi connectivity index (χ0n) is 13.7. The zero-order chi connectivity index (χ0) is 18.5. The van der Waals surface area contributed by atoms with Crippen LogP contribution in [0.25, 0.3) is 0 Å². The largest absolute Gasteiger partial charge is 0.361 e. The Morgan fingerprint density at radius 1 is 1.15 bits per heavy atom. The van der Waals surface area contributed by atoms with E-state index in [-0.39, 0.29) is 23.4 Å². The lowest BCUT2D eigenvalue weighted by molar-refractivity contribution is -0.383. The third-order valence-corrected chi connectivity index (χ3v) is 4.35. The molecule has 0 aliphatic heterocycles. The van der Waals surface area contributed by atoms with Crippen LogP contribution in [0.1, 0.15) is 36.0 Å². The predicted molar refractivity (Wildman–Crippen MR) is 97.1 cm³/mol. The molecule has 1 aromatic heterocycles. The van der Waals surface area contributed by atoms with Gasteiger partial charge in [0, 0.05) is 16.6 Å². The second-order valence-electron chi connectivity index (χ2n) is 5.89. The van der Waals surface area contributed by atoms with Crippen LogP contribution in [0.5, 0.6) is 0 Å². The van der Waals surface area contributed by atoms with Crippen LogP contribution in [0.3, 0.4) is 0 Å². The Balaban J connectivity index is 1.75. The van der Waals surface area contributed by atoms with Crippen molar-refractivity contribution in [2.24, 2.45) is 0 Å². The second-order valence-corrected chi connectivity index (χ2v) is 6.32. The van der Waals surface area contributed by atoms with Crippen LogP contribution in [0.15, 0.2) is 30.6 Å². The Morgan fingerprint density at radius 2 is 1.81 bits per heavy atom. The predicted octanol–water partition coefficient (Wildman–Crippen LogP) is 3.15. The van der Waals surface area contributed by atoms with E-state index < -0.39 is 10.8 Å². The van der Waals surface area contributed by atoms with E-state index in [9.17, 15) is 14.9 Å². The number of carbonyl (C=O) groups excluding carboxylic acids is 1. The highest BCUT2D eigenvalue weighted by Gasteiger charge is 2.26. The van der Waals surface area contributed by atoms with Crippen molar-refractivity contribution in [3.8, 4) is 0 Å². The molecule has 1 amide bonds. The highest BCUT2D eigenvalue weighted by molar-refractivity contribution is 6.30. The minimum atomic E-state index is -0.575. The summed E-state index contributed by atoms with van der Waals surface area (Å²) >= 11 is 5.79. The number of hydrazine groups is 1. The molecule has 0 atom stereocenters. The summed E-state index contributed by atoms with van der Waals surface area (Å²) in [6.07, 6.45) is 5.26. The Bertz CT molecular complexity index is 808. The highest BCUT2D eigenvalue weighted by atomic mass is 35.5. The number of rotatable bonds is 6. The lowest BCUT2D eigenvalue weighted by atomic mass is 10.2. The number of carbonyl (C=O) groups is 1. The number of hydrogen-bond acceptors (Lipinski definition) is 7. The summed E-state index contributed by atoms with van der Waals surface area (Å²) in [6.45, 7) is 0. The Hall–Kier alpha value is -2.94. The Kier molecular flexibility index (Phi) is 5.47. The summed E-state index contributed by atoms with van der Waals surface area (Å²) in [6, 6.07) is 6.39. The molecule has 10 heteroatoms. The number of halogens is 1. The van der Waals surface area contributed by atoms with E-state index in [0.717, 1.165) is 25.7 Å². The standard InChI is InChI=1S/C16H17ClN6O3/c17-11-7-5-10(6-8-11)16(24)22-21-15-13(23(25)26)14(18-9-19-15)20-12-3-1-2-4-12/h5-9,12H,1-4H2,(H,22,24)(H2,18,19,20,21). The molecule has 1 aromatic carbocycles. The first kappa shape index (κ1) is 17.9. The summed E-state index contributed by atoms with van der Waals surface area (Å²) in [5.74, 6) is -0.423. The number of nitro groups is 1. The van der Waals surface area contributed by atoms with Gasteiger partial charge < -0.3 is 5.32 Å². The monoisotopic (exact) mass is 376 g/mol. The molecule has 0 bridgehead atoms. The fourth-order valence-electron chi connectivity index (χ4n) is 2.80. The van der Waals surface area contributed by atoms with Gasteiger partial charge in [-0.1, -0.05) is 24.4 Å². The van der Waals surface area contributed by atoms with Crippen molar-refractivity contribution in [1.29, 1.82) is 0 Å². The van der Waals surface area contributed by atoms with Crippen molar-refractivity contribution in [2.75, 3.05) is 10.7 Å². The van der Waals surface area contributed by atoms with Crippen LogP contribution in [0.4, 0.5) is 17.3 Å². The second kappa shape index (κ2) is 7.96. The number of benzene rings is 1. The summed E-state index contributed by atoms with van der Waals surface area (Å²) in [5.41, 5.74) is 4.94. The smallest absolute Gasteiger partial charge is 0.354 e. The number of amides is 1. The molecular weight excluding hydrogens is 360 g/mol. The van der Waals surface area contributed by atoms with Gasteiger partial charge in [-0.2, -0.15) is 0 Å². The third kappa shape index (κ3) is 4.17. The molecule has 0 radical (unpaired) electrons. The van der Waals surface area contributed by atoms with Gasteiger partial charge in [-0.15, -0.1) is 0 Å². The molecule has 0 spiro atoms. The van der Waals surface area contributed by atoms with E-state index >= 15 is 0 Å². The van der Waals surface area contributed by atoms with Crippen molar-refractivity contribution in [1.82, 2.24) is 15.4 Å². The van der Waals surface area contributed by atoms with Crippen LogP contribution in [-0.2, 0) is 0 Å². The van der Waals surface area contributed by atoms with E-state index in [2.05, 4.69) is 26.1 Å². The first-order valence-electron chi connectivity index (χ1n) is 8.12. The summed E-state index contributed by atoms with van der Waals surface area (Å²) in [4.78, 5) is 30.9. The summed E-state index contributed by atoms with van der Waals surface area (Å²) in [5, 5.41) is 15.1. The first-order valence-corrected chi connectivity index (χ1v) is 8.50. The van der Waals surface area contributed by atoms with Crippen LogP contribution in [0.2, 0.25) is 5.02 Å². The molecular formula is C16H17ClN6O3. The lowest BCUT2D eigenvalue weighted by Gasteiger charge is -2.14. The molecule has 3 rings (SSSR count). The van der Waals surface area contributed by atoms with Crippen LogP contribution in [-0.4, -0.2) is 26.8 Å². The van der Waals surface area contributed by atoms with Crippen molar-refractivity contribution in [3.63, 3.8) is 0 Å². The number of nitrogens with zero attached hydrogens (tertiary/aromatic N) is 3. The first-order chi connectivity index (χ1) is 12.5. The number of anilines is 2. The van der Waals surface area contributed by atoms with Crippen molar-refractivity contribution in [3.05, 3.63) is 51.3 Å². The van der Waals surface area contributed by atoms with E-state index in [0.29, 0.717) is 10.6 Å². The maximum atomic E-state index is 12.1. The van der Waals surface area contributed by atoms with Gasteiger partial charge in [-0.3, -0.25) is 25.8 Å². The van der Waals surface area contributed by atoms with Crippen LogP contribution < -0.4 is 16.2 Å². The molecule has 1 aliphatic rings.